The van der Waals surface area contributed by atoms with E-state index in [1.807, 2.05) is 22.6 Å². The van der Waals surface area contributed by atoms with Gasteiger partial charge in [0.2, 0.25) is 0 Å². The summed E-state index contributed by atoms with van der Waals surface area (Å²) in [5.74, 6) is -0.993. The predicted octanol–water partition coefficient (Wildman–Crippen LogP) is 1.49. The zero-order valence-electron chi connectivity index (χ0n) is 6.74. The molecule has 0 amide bonds. The minimum atomic E-state index is -0.623. The van der Waals surface area contributed by atoms with Crippen LogP contribution < -0.4 is 0 Å². The number of phenols is 2. The zero-order chi connectivity index (χ0) is 10.0. The summed E-state index contributed by atoms with van der Waals surface area (Å²) in [4.78, 5) is 11.1. The van der Waals surface area contributed by atoms with Gasteiger partial charge in [-0.05, 0) is 28.7 Å². The van der Waals surface area contributed by atoms with E-state index in [1.54, 1.807) is 0 Å². The third kappa shape index (κ3) is 2.03. The van der Waals surface area contributed by atoms with Gasteiger partial charge in [-0.1, -0.05) is 0 Å². The highest BCUT2D eigenvalue weighted by molar-refractivity contribution is 14.1. The Hall–Kier alpha value is -0.980. The number of phenolic OH excluding ortho intramolecular Hbond substituents is 2. The summed E-state index contributed by atoms with van der Waals surface area (Å²) < 4.78 is 4.90. The molecule has 0 aliphatic rings. The summed E-state index contributed by atoms with van der Waals surface area (Å²) in [7, 11) is 1.23. The fourth-order valence-corrected chi connectivity index (χ4v) is 1.70. The van der Waals surface area contributed by atoms with Gasteiger partial charge in [-0.25, -0.2) is 4.79 Å². The topological polar surface area (TPSA) is 66.8 Å². The van der Waals surface area contributed by atoms with Gasteiger partial charge in [-0.2, -0.15) is 0 Å². The number of ether oxygens (including phenoxy) is 1. The fraction of sp³-hybridized carbons (Fsp3) is 0.125. The molecule has 1 aromatic rings. The molecule has 0 aliphatic carbocycles. The molecule has 0 fully saturated rings. The number of rotatable bonds is 1. The van der Waals surface area contributed by atoms with Gasteiger partial charge in [0.1, 0.15) is 17.1 Å². The first-order valence-electron chi connectivity index (χ1n) is 3.36. The van der Waals surface area contributed by atoms with Crippen LogP contribution in [0.2, 0.25) is 0 Å². The summed E-state index contributed by atoms with van der Waals surface area (Å²) >= 11 is 1.83. The van der Waals surface area contributed by atoms with E-state index in [-0.39, 0.29) is 17.1 Å². The Kier molecular flexibility index (Phi) is 2.97. The minimum Gasteiger partial charge on any atom is -0.508 e. The van der Waals surface area contributed by atoms with E-state index in [4.69, 9.17) is 5.11 Å². The molecule has 1 rings (SSSR count). The number of carbonyl (C=O) groups excluding carboxylic acids is 1. The van der Waals surface area contributed by atoms with Crippen molar-refractivity contribution in [1.29, 1.82) is 0 Å². The minimum absolute atomic E-state index is 0.0703. The zero-order valence-corrected chi connectivity index (χ0v) is 8.90. The Morgan fingerprint density at radius 3 is 2.54 bits per heavy atom. The van der Waals surface area contributed by atoms with E-state index in [2.05, 4.69) is 4.74 Å². The Bertz CT molecular complexity index is 325. The Balaban J connectivity index is 3.28. The standard InChI is InChI=1S/C8H7IO4/c1-13-8(12)7-5(9)2-4(10)3-6(7)11/h2-3,10-11H,1H3. The normalized spacial score (nSPS) is 9.69. The average molecular weight is 294 g/mol. The van der Waals surface area contributed by atoms with E-state index in [0.717, 1.165) is 6.07 Å². The SMILES string of the molecule is COC(=O)c1c(O)cc(O)cc1I. The molecule has 13 heavy (non-hydrogen) atoms. The monoisotopic (exact) mass is 294 g/mol. The molecule has 0 radical (unpaired) electrons. The van der Waals surface area contributed by atoms with E-state index in [0.29, 0.717) is 3.57 Å². The van der Waals surface area contributed by atoms with E-state index in [1.165, 1.54) is 13.2 Å². The molecule has 2 N–H and O–H groups in total. The van der Waals surface area contributed by atoms with Crippen LogP contribution in [0, 0.1) is 3.57 Å². The second-order valence-electron chi connectivity index (χ2n) is 2.31. The second kappa shape index (κ2) is 3.82. The van der Waals surface area contributed by atoms with Gasteiger partial charge in [0, 0.05) is 9.64 Å². The van der Waals surface area contributed by atoms with Crippen LogP contribution in [0.15, 0.2) is 12.1 Å². The maximum absolute atomic E-state index is 11.1. The van der Waals surface area contributed by atoms with E-state index < -0.39 is 5.97 Å². The molecule has 0 saturated heterocycles. The van der Waals surface area contributed by atoms with Crippen molar-refractivity contribution in [1.82, 2.24) is 0 Å². The molecule has 0 heterocycles. The van der Waals surface area contributed by atoms with Crippen LogP contribution in [-0.4, -0.2) is 23.3 Å². The van der Waals surface area contributed by atoms with E-state index in [9.17, 15) is 9.90 Å². The van der Waals surface area contributed by atoms with Crippen molar-refractivity contribution in [3.05, 3.63) is 21.3 Å². The number of methoxy groups -OCH3 is 1. The number of hydrogen-bond acceptors (Lipinski definition) is 4. The van der Waals surface area contributed by atoms with Crippen molar-refractivity contribution in [3.8, 4) is 11.5 Å². The molecule has 70 valence electrons. The van der Waals surface area contributed by atoms with E-state index >= 15 is 0 Å². The maximum Gasteiger partial charge on any atom is 0.342 e. The number of aromatic hydroxyl groups is 2. The number of halogens is 1. The molecule has 0 atom stereocenters. The first kappa shape index (κ1) is 10.1. The quantitative estimate of drug-likeness (QED) is 0.608. The van der Waals surface area contributed by atoms with Gasteiger partial charge in [-0.3, -0.25) is 0 Å². The van der Waals surface area contributed by atoms with Crippen molar-refractivity contribution in [2.45, 2.75) is 0 Å². The number of esters is 1. The second-order valence-corrected chi connectivity index (χ2v) is 3.48. The van der Waals surface area contributed by atoms with Crippen LogP contribution in [0.3, 0.4) is 0 Å². The molecular formula is C8H7IO4. The molecule has 4 nitrogen and oxygen atoms in total. The lowest BCUT2D eigenvalue weighted by molar-refractivity contribution is 0.0596. The van der Waals surface area contributed by atoms with Crippen LogP contribution >= 0.6 is 22.6 Å². The van der Waals surface area contributed by atoms with Gasteiger partial charge >= 0.3 is 5.97 Å². The highest BCUT2D eigenvalue weighted by Crippen LogP contribution is 2.28. The predicted molar refractivity (Wildman–Crippen MR) is 53.8 cm³/mol. The maximum atomic E-state index is 11.1. The first-order valence-corrected chi connectivity index (χ1v) is 4.44. The molecule has 0 unspecified atom stereocenters. The first-order chi connectivity index (χ1) is 6.06. The summed E-state index contributed by atoms with van der Waals surface area (Å²) in [5.41, 5.74) is 0.0703. The Labute approximate surface area is 88.3 Å². The largest absolute Gasteiger partial charge is 0.508 e. The van der Waals surface area contributed by atoms with Crippen LogP contribution in [0.5, 0.6) is 11.5 Å². The van der Waals surface area contributed by atoms with Gasteiger partial charge in [0.05, 0.1) is 7.11 Å². The van der Waals surface area contributed by atoms with Crippen LogP contribution in [-0.2, 0) is 4.74 Å². The lowest BCUT2D eigenvalue weighted by atomic mass is 10.2. The average Bonchev–Trinajstić information content (AvgIpc) is 2.02. The molecular weight excluding hydrogens is 287 g/mol. The van der Waals surface area contributed by atoms with Crippen molar-refractivity contribution < 1.29 is 19.7 Å². The van der Waals surface area contributed by atoms with Gasteiger partial charge in [0.25, 0.3) is 0 Å². The van der Waals surface area contributed by atoms with Crippen LogP contribution in [0.1, 0.15) is 10.4 Å². The lowest BCUT2D eigenvalue weighted by Gasteiger charge is -2.05. The summed E-state index contributed by atoms with van der Waals surface area (Å²) in [5, 5.41) is 18.4. The van der Waals surface area contributed by atoms with Crippen molar-refractivity contribution in [3.63, 3.8) is 0 Å². The molecule has 5 heteroatoms. The number of carbonyl (C=O) groups is 1. The molecule has 1 aromatic carbocycles. The van der Waals surface area contributed by atoms with Crippen LogP contribution in [0.25, 0.3) is 0 Å². The third-order valence-electron chi connectivity index (χ3n) is 1.44. The molecule has 0 aromatic heterocycles. The number of benzene rings is 1. The molecule has 0 saturated carbocycles. The van der Waals surface area contributed by atoms with Gasteiger partial charge < -0.3 is 14.9 Å². The lowest BCUT2D eigenvalue weighted by Crippen LogP contribution is -2.03. The smallest absolute Gasteiger partial charge is 0.342 e. The molecule has 0 bridgehead atoms. The highest BCUT2D eigenvalue weighted by Gasteiger charge is 2.16. The molecule has 0 aliphatic heterocycles. The number of hydrogen-bond donors (Lipinski definition) is 2. The fourth-order valence-electron chi connectivity index (χ4n) is 0.882. The van der Waals surface area contributed by atoms with Gasteiger partial charge in [-0.15, -0.1) is 0 Å². The summed E-state index contributed by atoms with van der Waals surface area (Å²) in [6.45, 7) is 0. The van der Waals surface area contributed by atoms with Crippen molar-refractivity contribution >= 4 is 28.6 Å². The van der Waals surface area contributed by atoms with Gasteiger partial charge in [0.15, 0.2) is 0 Å². The summed E-state index contributed by atoms with van der Waals surface area (Å²) in [6, 6.07) is 2.46. The van der Waals surface area contributed by atoms with Crippen LogP contribution in [0.4, 0.5) is 0 Å². The third-order valence-corrected chi connectivity index (χ3v) is 2.29. The van der Waals surface area contributed by atoms with Crippen molar-refractivity contribution in [2.24, 2.45) is 0 Å². The molecule has 0 spiro atoms. The Morgan fingerprint density at radius 1 is 1.46 bits per heavy atom. The highest BCUT2D eigenvalue weighted by atomic mass is 127. The van der Waals surface area contributed by atoms with Crippen molar-refractivity contribution in [2.75, 3.05) is 7.11 Å². The summed E-state index contributed by atoms with van der Waals surface area (Å²) in [6.07, 6.45) is 0. The Morgan fingerprint density at radius 2 is 2.08 bits per heavy atom.